The number of amides is 1. The smallest absolute Gasteiger partial charge is 0.230 e. The number of carbonyl (C=O) groups excluding carboxylic acids is 1. The van der Waals surface area contributed by atoms with Crippen LogP contribution in [0.4, 0.5) is 5.69 Å². The fraction of sp³-hybridized carbons (Fsp3) is 0.381. The molecule has 1 N–H and O–H groups in total. The Labute approximate surface area is 150 Å². The molecular weight excluding hydrogens is 310 g/mol. The average Bonchev–Trinajstić information content (AvgIpc) is 2.65. The first-order chi connectivity index (χ1) is 11.9. The van der Waals surface area contributed by atoms with Crippen molar-refractivity contribution in [2.45, 2.75) is 39.5 Å². The summed E-state index contributed by atoms with van der Waals surface area (Å²) in [6.45, 7) is 15.9. The van der Waals surface area contributed by atoms with E-state index in [4.69, 9.17) is 6.57 Å². The number of benzene rings is 1. The number of nitrogens with zero attached hydrogens (tertiary/aromatic N) is 2. The van der Waals surface area contributed by atoms with E-state index in [9.17, 15) is 4.79 Å². The normalized spacial score (nSPS) is 12.3. The lowest BCUT2D eigenvalue weighted by Crippen LogP contribution is -2.41. The van der Waals surface area contributed by atoms with Crippen LogP contribution in [0.1, 0.15) is 39.7 Å². The van der Waals surface area contributed by atoms with Gasteiger partial charge >= 0.3 is 0 Å². The summed E-state index contributed by atoms with van der Waals surface area (Å²) in [6, 6.07) is 9.72. The average molecular weight is 335 g/mol. The maximum absolute atomic E-state index is 12.6. The monoisotopic (exact) mass is 335 g/mol. The standard InChI is InChI=1S/C21H25N3O/c1-6-15(2)12-24-20(25)21(3,4)18-9-7-16(8-10-18)17-11-19(22-5)14-23-13-17/h7-11,13-15H,6,12H2,1-4H3,(H,24,25). The van der Waals surface area contributed by atoms with Crippen LogP contribution in [0.3, 0.4) is 0 Å². The summed E-state index contributed by atoms with van der Waals surface area (Å²) in [7, 11) is 0. The second-order valence-corrected chi connectivity index (χ2v) is 6.97. The first-order valence-corrected chi connectivity index (χ1v) is 8.60. The molecular formula is C21H25N3O. The van der Waals surface area contributed by atoms with Gasteiger partial charge in [0.05, 0.1) is 12.0 Å². The van der Waals surface area contributed by atoms with Gasteiger partial charge in [0.25, 0.3) is 0 Å². The fourth-order valence-corrected chi connectivity index (χ4v) is 2.49. The lowest BCUT2D eigenvalue weighted by Gasteiger charge is -2.25. The van der Waals surface area contributed by atoms with E-state index >= 15 is 0 Å². The van der Waals surface area contributed by atoms with E-state index in [1.165, 1.54) is 0 Å². The number of pyridine rings is 1. The summed E-state index contributed by atoms with van der Waals surface area (Å²) in [4.78, 5) is 20.1. The molecule has 2 aromatic rings. The van der Waals surface area contributed by atoms with Crippen molar-refractivity contribution in [1.82, 2.24) is 10.3 Å². The number of aromatic nitrogens is 1. The summed E-state index contributed by atoms with van der Waals surface area (Å²) in [5.41, 5.74) is 2.78. The van der Waals surface area contributed by atoms with Gasteiger partial charge in [-0.25, -0.2) is 4.85 Å². The third-order valence-electron chi connectivity index (χ3n) is 4.67. The van der Waals surface area contributed by atoms with Crippen LogP contribution in [0.25, 0.3) is 16.0 Å². The van der Waals surface area contributed by atoms with E-state index in [1.807, 2.05) is 44.2 Å². The Balaban J connectivity index is 2.17. The van der Waals surface area contributed by atoms with Crippen LogP contribution in [0.5, 0.6) is 0 Å². The maximum Gasteiger partial charge on any atom is 0.230 e. The summed E-state index contributed by atoms with van der Waals surface area (Å²) in [5, 5.41) is 3.05. The van der Waals surface area contributed by atoms with Gasteiger partial charge in [0.1, 0.15) is 0 Å². The number of carbonyl (C=O) groups is 1. The van der Waals surface area contributed by atoms with Gasteiger partial charge in [0.15, 0.2) is 0 Å². The molecule has 4 nitrogen and oxygen atoms in total. The van der Waals surface area contributed by atoms with Gasteiger partial charge < -0.3 is 5.32 Å². The molecule has 4 heteroatoms. The lowest BCUT2D eigenvalue weighted by molar-refractivity contribution is -0.125. The van der Waals surface area contributed by atoms with Gasteiger partial charge in [-0.05, 0) is 42.5 Å². The van der Waals surface area contributed by atoms with Crippen molar-refractivity contribution >= 4 is 11.6 Å². The summed E-state index contributed by atoms with van der Waals surface area (Å²) in [6.07, 6.45) is 4.34. The summed E-state index contributed by atoms with van der Waals surface area (Å²) in [5.74, 6) is 0.515. The summed E-state index contributed by atoms with van der Waals surface area (Å²) < 4.78 is 0. The molecule has 1 amide bonds. The highest BCUT2D eigenvalue weighted by atomic mass is 16.2. The molecule has 1 heterocycles. The Bertz CT molecular complexity index is 772. The molecule has 1 aromatic carbocycles. The van der Waals surface area contributed by atoms with E-state index in [2.05, 4.69) is 29.0 Å². The molecule has 0 bridgehead atoms. The molecule has 0 aliphatic carbocycles. The molecule has 1 unspecified atom stereocenters. The number of hydrogen-bond acceptors (Lipinski definition) is 2. The maximum atomic E-state index is 12.6. The SMILES string of the molecule is [C-]#[N+]c1cncc(-c2ccc(C(C)(C)C(=O)NCC(C)CC)cc2)c1. The second kappa shape index (κ2) is 7.94. The van der Waals surface area contributed by atoms with Gasteiger partial charge in [-0.15, -0.1) is 0 Å². The number of hydrogen-bond donors (Lipinski definition) is 1. The molecule has 0 spiro atoms. The Morgan fingerprint density at radius 1 is 1.24 bits per heavy atom. The first kappa shape index (κ1) is 18.7. The van der Waals surface area contributed by atoms with E-state index < -0.39 is 5.41 Å². The topological polar surface area (TPSA) is 46.4 Å². The van der Waals surface area contributed by atoms with Gasteiger partial charge in [-0.2, -0.15) is 0 Å². The van der Waals surface area contributed by atoms with Crippen molar-refractivity contribution in [3.05, 3.63) is 59.7 Å². The molecule has 0 fully saturated rings. The molecule has 0 saturated carbocycles. The predicted molar refractivity (Wildman–Crippen MR) is 101 cm³/mol. The first-order valence-electron chi connectivity index (χ1n) is 8.60. The van der Waals surface area contributed by atoms with E-state index in [0.29, 0.717) is 18.2 Å². The Hall–Kier alpha value is -2.67. The molecule has 0 saturated heterocycles. The van der Waals surface area contributed by atoms with Crippen LogP contribution in [0.2, 0.25) is 0 Å². The van der Waals surface area contributed by atoms with Crippen LogP contribution in [-0.2, 0) is 10.2 Å². The molecule has 1 atom stereocenters. The second-order valence-electron chi connectivity index (χ2n) is 6.97. The van der Waals surface area contributed by atoms with Crippen molar-refractivity contribution in [2.24, 2.45) is 5.92 Å². The quantitative estimate of drug-likeness (QED) is 0.775. The summed E-state index contributed by atoms with van der Waals surface area (Å²) >= 11 is 0. The molecule has 2 rings (SSSR count). The zero-order chi connectivity index (χ0) is 18.4. The van der Waals surface area contributed by atoms with Crippen LogP contribution in [0.15, 0.2) is 42.7 Å². The molecule has 0 aliphatic rings. The van der Waals surface area contributed by atoms with Gasteiger partial charge in [-0.3, -0.25) is 9.78 Å². The van der Waals surface area contributed by atoms with Gasteiger partial charge in [0, 0.05) is 18.9 Å². The van der Waals surface area contributed by atoms with Gasteiger partial charge in [-0.1, -0.05) is 44.5 Å². The lowest BCUT2D eigenvalue weighted by atomic mass is 9.83. The van der Waals surface area contributed by atoms with Crippen molar-refractivity contribution in [3.63, 3.8) is 0 Å². The molecule has 130 valence electrons. The van der Waals surface area contributed by atoms with Crippen molar-refractivity contribution in [1.29, 1.82) is 0 Å². The zero-order valence-electron chi connectivity index (χ0n) is 15.3. The predicted octanol–water partition coefficient (Wildman–Crippen LogP) is 4.74. The molecule has 25 heavy (non-hydrogen) atoms. The van der Waals surface area contributed by atoms with Gasteiger partial charge in [0.2, 0.25) is 11.6 Å². The van der Waals surface area contributed by atoms with E-state index in [0.717, 1.165) is 23.1 Å². The minimum atomic E-state index is -0.595. The highest BCUT2D eigenvalue weighted by Gasteiger charge is 2.29. The Morgan fingerprint density at radius 3 is 2.52 bits per heavy atom. The van der Waals surface area contributed by atoms with E-state index in [1.54, 1.807) is 12.4 Å². The minimum Gasteiger partial charge on any atom is -0.355 e. The third kappa shape index (κ3) is 4.45. The minimum absolute atomic E-state index is 0.0391. The van der Waals surface area contributed by atoms with Crippen LogP contribution < -0.4 is 5.32 Å². The highest BCUT2D eigenvalue weighted by Crippen LogP contribution is 2.28. The Kier molecular flexibility index (Phi) is 5.93. The van der Waals surface area contributed by atoms with Crippen molar-refractivity contribution in [3.8, 4) is 11.1 Å². The zero-order valence-corrected chi connectivity index (χ0v) is 15.3. The molecule has 0 aliphatic heterocycles. The largest absolute Gasteiger partial charge is 0.355 e. The molecule has 1 aromatic heterocycles. The fourth-order valence-electron chi connectivity index (χ4n) is 2.49. The van der Waals surface area contributed by atoms with Crippen LogP contribution in [-0.4, -0.2) is 17.4 Å². The van der Waals surface area contributed by atoms with Crippen LogP contribution >= 0.6 is 0 Å². The van der Waals surface area contributed by atoms with Crippen LogP contribution in [0, 0.1) is 12.5 Å². The van der Waals surface area contributed by atoms with E-state index in [-0.39, 0.29) is 5.91 Å². The highest BCUT2D eigenvalue weighted by molar-refractivity contribution is 5.87. The number of rotatable bonds is 6. The Morgan fingerprint density at radius 2 is 1.92 bits per heavy atom. The third-order valence-corrected chi connectivity index (χ3v) is 4.67. The number of nitrogens with one attached hydrogen (secondary N) is 1. The van der Waals surface area contributed by atoms with Crippen molar-refractivity contribution < 1.29 is 4.79 Å². The molecule has 0 radical (unpaired) electrons. The van der Waals surface area contributed by atoms with Crippen molar-refractivity contribution in [2.75, 3.05) is 6.54 Å².